The smallest absolute Gasteiger partial charge is 0.125 e. The Labute approximate surface area is 137 Å². The fraction of sp³-hybridized carbons (Fsp3) is 0.111. The highest BCUT2D eigenvalue weighted by Crippen LogP contribution is 2.39. The molecule has 3 aromatic carbocycles. The summed E-state index contributed by atoms with van der Waals surface area (Å²) in [5.74, 6) is 0.789. The summed E-state index contributed by atoms with van der Waals surface area (Å²) < 4.78 is 6.44. The van der Waals surface area contributed by atoms with Gasteiger partial charge in [0.25, 0.3) is 0 Å². The van der Waals surface area contributed by atoms with Gasteiger partial charge in [0, 0.05) is 10.0 Å². The van der Waals surface area contributed by atoms with Gasteiger partial charge in [-0.3, -0.25) is 0 Å². The lowest BCUT2D eigenvalue weighted by molar-refractivity contribution is 0.410. The van der Waals surface area contributed by atoms with Crippen LogP contribution in [0, 0.1) is 0 Å². The van der Waals surface area contributed by atoms with Gasteiger partial charge in [-0.25, -0.2) is 0 Å². The largest absolute Gasteiger partial charge is 0.496 e. The highest BCUT2D eigenvalue weighted by molar-refractivity contribution is 9.10. The maximum absolute atomic E-state index is 6.75. The molecule has 0 aliphatic rings. The number of alkyl halides is 1. The second-order valence-electron chi connectivity index (χ2n) is 4.82. The maximum Gasteiger partial charge on any atom is 0.125 e. The molecule has 0 fully saturated rings. The lowest BCUT2D eigenvalue weighted by Crippen LogP contribution is -1.98. The van der Waals surface area contributed by atoms with Crippen LogP contribution in [0.25, 0.3) is 10.8 Å². The van der Waals surface area contributed by atoms with Gasteiger partial charge in [-0.05, 0) is 28.5 Å². The second kappa shape index (κ2) is 6.08. The summed E-state index contributed by atoms with van der Waals surface area (Å²) in [6.07, 6.45) is 0. The van der Waals surface area contributed by atoms with Gasteiger partial charge in [0.15, 0.2) is 0 Å². The molecule has 0 bridgehead atoms. The first-order chi connectivity index (χ1) is 10.2. The molecule has 0 radical (unpaired) electrons. The van der Waals surface area contributed by atoms with Crippen LogP contribution in [0.3, 0.4) is 0 Å². The monoisotopic (exact) mass is 360 g/mol. The zero-order chi connectivity index (χ0) is 14.8. The van der Waals surface area contributed by atoms with Gasteiger partial charge in [0.1, 0.15) is 5.75 Å². The fourth-order valence-electron chi connectivity index (χ4n) is 2.53. The average molecular weight is 362 g/mol. The number of benzene rings is 3. The molecule has 3 heteroatoms. The van der Waals surface area contributed by atoms with Crippen molar-refractivity contribution in [3.05, 3.63) is 76.3 Å². The van der Waals surface area contributed by atoms with E-state index in [1.807, 2.05) is 36.4 Å². The summed E-state index contributed by atoms with van der Waals surface area (Å²) in [5, 5.41) is 2.11. The Kier molecular flexibility index (Phi) is 4.18. The molecular formula is C18H14BrClO. The first-order valence-electron chi connectivity index (χ1n) is 6.66. The first kappa shape index (κ1) is 14.4. The van der Waals surface area contributed by atoms with Gasteiger partial charge in [0.2, 0.25) is 0 Å². The number of fused-ring (bicyclic) bond motifs is 1. The van der Waals surface area contributed by atoms with Crippen molar-refractivity contribution in [1.82, 2.24) is 0 Å². The third kappa shape index (κ3) is 2.78. The number of hydrogen-bond donors (Lipinski definition) is 0. The number of halogens is 2. The molecule has 0 spiro atoms. The predicted molar refractivity (Wildman–Crippen MR) is 92.3 cm³/mol. The molecule has 21 heavy (non-hydrogen) atoms. The van der Waals surface area contributed by atoms with Crippen LogP contribution >= 0.6 is 27.5 Å². The van der Waals surface area contributed by atoms with E-state index >= 15 is 0 Å². The van der Waals surface area contributed by atoms with Crippen LogP contribution in [0.1, 0.15) is 16.5 Å². The van der Waals surface area contributed by atoms with E-state index in [2.05, 4.69) is 40.2 Å². The minimum atomic E-state index is -0.251. The summed E-state index contributed by atoms with van der Waals surface area (Å²) in [7, 11) is 1.66. The normalized spacial score (nSPS) is 12.3. The van der Waals surface area contributed by atoms with Crippen LogP contribution in [0.5, 0.6) is 5.75 Å². The van der Waals surface area contributed by atoms with E-state index in [4.69, 9.17) is 16.3 Å². The van der Waals surface area contributed by atoms with Gasteiger partial charge in [-0.2, -0.15) is 0 Å². The Balaban J connectivity index is 2.15. The molecule has 0 aliphatic carbocycles. The van der Waals surface area contributed by atoms with Crippen molar-refractivity contribution in [2.75, 3.05) is 7.11 Å². The third-order valence-electron chi connectivity index (χ3n) is 3.56. The van der Waals surface area contributed by atoms with Crippen molar-refractivity contribution in [1.29, 1.82) is 0 Å². The molecule has 3 rings (SSSR count). The predicted octanol–water partition coefficient (Wildman–Crippen LogP) is 5.94. The first-order valence-corrected chi connectivity index (χ1v) is 7.89. The lowest BCUT2D eigenvalue weighted by atomic mass is 9.97. The second-order valence-corrected chi connectivity index (χ2v) is 6.17. The zero-order valence-electron chi connectivity index (χ0n) is 11.5. The van der Waals surface area contributed by atoms with Crippen molar-refractivity contribution >= 4 is 38.3 Å². The van der Waals surface area contributed by atoms with Gasteiger partial charge >= 0.3 is 0 Å². The van der Waals surface area contributed by atoms with E-state index in [1.165, 1.54) is 10.8 Å². The van der Waals surface area contributed by atoms with Crippen molar-refractivity contribution in [3.63, 3.8) is 0 Å². The molecule has 0 N–H and O–H groups in total. The molecule has 3 aromatic rings. The van der Waals surface area contributed by atoms with E-state index in [-0.39, 0.29) is 5.38 Å². The SMILES string of the molecule is COc1cc(Br)ccc1C(Cl)c1cccc2ccccc12. The van der Waals surface area contributed by atoms with Crippen LogP contribution in [0.2, 0.25) is 0 Å². The van der Waals surface area contributed by atoms with Crippen LogP contribution in [0.15, 0.2) is 65.1 Å². The van der Waals surface area contributed by atoms with Gasteiger partial charge < -0.3 is 4.74 Å². The molecule has 0 amide bonds. The molecule has 0 heterocycles. The molecule has 0 aromatic heterocycles. The molecule has 0 aliphatic heterocycles. The van der Waals surface area contributed by atoms with Crippen molar-refractivity contribution in [2.45, 2.75) is 5.38 Å². The van der Waals surface area contributed by atoms with Crippen LogP contribution < -0.4 is 4.74 Å². The summed E-state index contributed by atoms with van der Waals surface area (Å²) in [6.45, 7) is 0. The van der Waals surface area contributed by atoms with E-state index in [0.29, 0.717) is 0 Å². The molecule has 0 saturated heterocycles. The van der Waals surface area contributed by atoms with Crippen molar-refractivity contribution in [2.24, 2.45) is 0 Å². The number of methoxy groups -OCH3 is 1. The minimum absolute atomic E-state index is 0.251. The maximum atomic E-state index is 6.75. The summed E-state index contributed by atoms with van der Waals surface area (Å²) >= 11 is 10.2. The number of ether oxygens (including phenoxy) is 1. The van der Waals surface area contributed by atoms with E-state index < -0.39 is 0 Å². The Morgan fingerprint density at radius 2 is 1.71 bits per heavy atom. The van der Waals surface area contributed by atoms with Crippen LogP contribution in [-0.2, 0) is 0 Å². The highest BCUT2D eigenvalue weighted by atomic mass is 79.9. The van der Waals surface area contributed by atoms with Crippen molar-refractivity contribution < 1.29 is 4.74 Å². The summed E-state index contributed by atoms with van der Waals surface area (Å²) in [6, 6.07) is 20.4. The Morgan fingerprint density at radius 1 is 0.952 bits per heavy atom. The fourth-order valence-corrected chi connectivity index (χ4v) is 3.24. The molecule has 1 unspecified atom stereocenters. The van der Waals surface area contributed by atoms with E-state index in [9.17, 15) is 0 Å². The Bertz CT molecular complexity index is 780. The molecular weight excluding hydrogens is 348 g/mol. The van der Waals surface area contributed by atoms with Gasteiger partial charge in [-0.15, -0.1) is 11.6 Å². The standard InChI is InChI=1S/C18H14BrClO/c1-21-17-11-13(19)9-10-16(17)18(20)15-8-4-6-12-5-2-3-7-14(12)15/h2-11,18H,1H3. The summed E-state index contributed by atoms with van der Waals surface area (Å²) in [5.41, 5.74) is 2.06. The van der Waals surface area contributed by atoms with Crippen LogP contribution in [-0.4, -0.2) is 7.11 Å². The Hall–Kier alpha value is -1.51. The van der Waals surface area contributed by atoms with E-state index in [0.717, 1.165) is 21.3 Å². The molecule has 106 valence electrons. The van der Waals surface area contributed by atoms with E-state index in [1.54, 1.807) is 7.11 Å². The lowest BCUT2D eigenvalue weighted by Gasteiger charge is -2.16. The third-order valence-corrected chi connectivity index (χ3v) is 4.53. The topological polar surface area (TPSA) is 9.23 Å². The molecule has 0 saturated carbocycles. The minimum Gasteiger partial charge on any atom is -0.496 e. The molecule has 1 nitrogen and oxygen atoms in total. The molecule has 1 atom stereocenters. The highest BCUT2D eigenvalue weighted by Gasteiger charge is 2.17. The number of hydrogen-bond acceptors (Lipinski definition) is 1. The van der Waals surface area contributed by atoms with Gasteiger partial charge in [-0.1, -0.05) is 64.5 Å². The quantitative estimate of drug-likeness (QED) is 0.525. The van der Waals surface area contributed by atoms with Crippen LogP contribution in [0.4, 0.5) is 0 Å². The zero-order valence-corrected chi connectivity index (χ0v) is 13.9. The average Bonchev–Trinajstić information content (AvgIpc) is 2.53. The number of rotatable bonds is 3. The van der Waals surface area contributed by atoms with Crippen molar-refractivity contribution in [3.8, 4) is 5.75 Å². The Morgan fingerprint density at radius 3 is 2.52 bits per heavy atom. The summed E-state index contributed by atoms with van der Waals surface area (Å²) in [4.78, 5) is 0. The van der Waals surface area contributed by atoms with Gasteiger partial charge in [0.05, 0.1) is 12.5 Å².